The summed E-state index contributed by atoms with van der Waals surface area (Å²) >= 11 is 6.30. The molecule has 1 heterocycles. The summed E-state index contributed by atoms with van der Waals surface area (Å²) in [6.07, 6.45) is -8.70. The Kier molecular flexibility index (Phi) is 8.47. The molecule has 0 bridgehead atoms. The van der Waals surface area contributed by atoms with Crippen molar-refractivity contribution in [3.8, 4) is 11.1 Å². The standard InChI is InChI=1S/C25H19ClF6N2O3/c1-15(35)37-14-22(36)34(12-16-9-18(24(27,28)29)11-19(10-16)25(30,31)32)13-21-20(7-8-33-23(21)26)17-5-3-2-4-6-17/h2-11H,12-14H2,1H3. The highest BCUT2D eigenvalue weighted by Crippen LogP contribution is 2.37. The highest BCUT2D eigenvalue weighted by atomic mass is 35.5. The molecule has 1 amide bonds. The van der Waals surface area contributed by atoms with Crippen molar-refractivity contribution in [2.75, 3.05) is 6.61 Å². The molecular formula is C25H19ClF6N2O3. The lowest BCUT2D eigenvalue weighted by molar-refractivity contribution is -0.150. The van der Waals surface area contributed by atoms with Gasteiger partial charge in [-0.15, -0.1) is 0 Å². The number of esters is 1. The quantitative estimate of drug-likeness (QED) is 0.193. The number of carbonyl (C=O) groups excluding carboxylic acids is 2. The van der Waals surface area contributed by atoms with Crippen LogP contribution in [-0.4, -0.2) is 28.4 Å². The molecule has 12 heteroatoms. The lowest BCUT2D eigenvalue weighted by Crippen LogP contribution is -2.34. The monoisotopic (exact) mass is 544 g/mol. The molecule has 1 aromatic heterocycles. The Morgan fingerprint density at radius 2 is 1.51 bits per heavy atom. The van der Waals surface area contributed by atoms with Crippen molar-refractivity contribution in [1.82, 2.24) is 9.88 Å². The molecule has 0 spiro atoms. The number of halogens is 7. The number of alkyl halides is 6. The van der Waals surface area contributed by atoms with Crippen molar-refractivity contribution >= 4 is 23.5 Å². The van der Waals surface area contributed by atoms with E-state index in [0.717, 1.165) is 11.8 Å². The summed E-state index contributed by atoms with van der Waals surface area (Å²) in [7, 11) is 0. The van der Waals surface area contributed by atoms with Crippen LogP contribution in [0.5, 0.6) is 0 Å². The van der Waals surface area contributed by atoms with Crippen molar-refractivity contribution in [3.63, 3.8) is 0 Å². The molecule has 0 unspecified atom stereocenters. The molecule has 0 atom stereocenters. The van der Waals surface area contributed by atoms with Gasteiger partial charge in [0.1, 0.15) is 5.15 Å². The molecule has 0 aliphatic carbocycles. The molecule has 3 rings (SSSR count). The smallest absolute Gasteiger partial charge is 0.416 e. The van der Waals surface area contributed by atoms with Crippen LogP contribution in [-0.2, 0) is 39.8 Å². The largest absolute Gasteiger partial charge is 0.456 e. The number of benzene rings is 2. The van der Waals surface area contributed by atoms with E-state index in [1.807, 2.05) is 0 Å². The van der Waals surface area contributed by atoms with Crippen LogP contribution >= 0.6 is 11.6 Å². The number of nitrogens with zero attached hydrogens (tertiary/aromatic N) is 2. The lowest BCUT2D eigenvalue weighted by atomic mass is 10.0. The van der Waals surface area contributed by atoms with Crippen molar-refractivity contribution in [2.24, 2.45) is 0 Å². The molecule has 0 fully saturated rings. The van der Waals surface area contributed by atoms with Gasteiger partial charge in [0.05, 0.1) is 11.1 Å². The average molecular weight is 545 g/mol. The minimum Gasteiger partial charge on any atom is -0.456 e. The topological polar surface area (TPSA) is 59.5 Å². The fraction of sp³-hybridized carbons (Fsp3) is 0.240. The van der Waals surface area contributed by atoms with Crippen molar-refractivity contribution < 1.29 is 40.7 Å². The van der Waals surface area contributed by atoms with E-state index in [4.69, 9.17) is 16.3 Å². The minimum atomic E-state index is -5.06. The molecule has 37 heavy (non-hydrogen) atoms. The molecular weight excluding hydrogens is 526 g/mol. The van der Waals surface area contributed by atoms with E-state index >= 15 is 0 Å². The highest BCUT2D eigenvalue weighted by molar-refractivity contribution is 6.30. The molecule has 0 saturated carbocycles. The van der Waals surface area contributed by atoms with Gasteiger partial charge in [0.2, 0.25) is 0 Å². The first kappa shape index (κ1) is 28.0. The SMILES string of the molecule is CC(=O)OCC(=O)N(Cc1cc(C(F)(F)F)cc(C(F)(F)F)c1)Cc1c(-c2ccccc2)ccnc1Cl. The number of carbonyl (C=O) groups is 2. The maximum atomic E-state index is 13.4. The molecule has 0 aliphatic heterocycles. The van der Waals surface area contributed by atoms with Crippen LogP contribution < -0.4 is 0 Å². The minimum absolute atomic E-state index is 0.0000145. The number of pyridine rings is 1. The van der Waals surface area contributed by atoms with E-state index < -0.39 is 54.1 Å². The van der Waals surface area contributed by atoms with Crippen LogP contribution in [0, 0.1) is 0 Å². The Bertz CT molecular complexity index is 1250. The maximum Gasteiger partial charge on any atom is 0.416 e. The van der Waals surface area contributed by atoms with Gasteiger partial charge in [-0.2, -0.15) is 26.3 Å². The first-order valence-electron chi connectivity index (χ1n) is 10.6. The number of aromatic nitrogens is 1. The zero-order chi connectivity index (χ0) is 27.4. The van der Waals surface area contributed by atoms with Crippen LogP contribution in [0.4, 0.5) is 26.3 Å². The number of rotatable bonds is 7. The van der Waals surface area contributed by atoms with Gasteiger partial charge in [0.25, 0.3) is 5.91 Å². The van der Waals surface area contributed by atoms with E-state index in [9.17, 15) is 35.9 Å². The number of hydrogen-bond donors (Lipinski definition) is 0. The molecule has 0 radical (unpaired) electrons. The van der Waals surface area contributed by atoms with Crippen LogP contribution in [0.3, 0.4) is 0 Å². The maximum absolute atomic E-state index is 13.4. The van der Waals surface area contributed by atoms with Crippen molar-refractivity contribution in [1.29, 1.82) is 0 Å². The second-order valence-electron chi connectivity index (χ2n) is 7.94. The third-order valence-electron chi connectivity index (χ3n) is 5.21. The van der Waals surface area contributed by atoms with Gasteiger partial charge >= 0.3 is 18.3 Å². The molecule has 2 aromatic carbocycles. The predicted molar refractivity (Wildman–Crippen MR) is 122 cm³/mol. The van der Waals surface area contributed by atoms with Crippen molar-refractivity contribution in [2.45, 2.75) is 32.4 Å². The number of hydrogen-bond acceptors (Lipinski definition) is 4. The van der Waals surface area contributed by atoms with Crippen molar-refractivity contribution in [3.05, 3.63) is 88.2 Å². The molecule has 3 aromatic rings. The summed E-state index contributed by atoms with van der Waals surface area (Å²) in [5, 5.41) is -0.0216. The van der Waals surface area contributed by atoms with E-state index in [0.29, 0.717) is 28.8 Å². The van der Waals surface area contributed by atoms with Gasteiger partial charge in [-0.1, -0.05) is 41.9 Å². The Balaban J connectivity index is 2.07. The first-order chi connectivity index (χ1) is 17.3. The van der Waals surface area contributed by atoms with Gasteiger partial charge in [0, 0.05) is 31.8 Å². The van der Waals surface area contributed by atoms with Crippen LogP contribution in [0.2, 0.25) is 5.15 Å². The van der Waals surface area contributed by atoms with Gasteiger partial charge in [-0.25, -0.2) is 4.98 Å². The van der Waals surface area contributed by atoms with Crippen LogP contribution in [0.25, 0.3) is 11.1 Å². The normalized spacial score (nSPS) is 11.8. The highest BCUT2D eigenvalue weighted by Gasteiger charge is 2.37. The Hall–Kier alpha value is -3.60. The lowest BCUT2D eigenvalue weighted by Gasteiger charge is -2.25. The average Bonchev–Trinajstić information content (AvgIpc) is 2.82. The summed E-state index contributed by atoms with van der Waals surface area (Å²) in [6, 6.07) is 11.4. The molecule has 0 N–H and O–H groups in total. The van der Waals surface area contributed by atoms with E-state index in [1.165, 1.54) is 6.20 Å². The number of ether oxygens (including phenoxy) is 1. The van der Waals surface area contributed by atoms with Crippen LogP contribution in [0.15, 0.2) is 60.8 Å². The van der Waals surface area contributed by atoms with Gasteiger partial charge in [-0.05, 0) is 41.0 Å². The van der Waals surface area contributed by atoms with Gasteiger partial charge in [-0.3, -0.25) is 9.59 Å². The third-order valence-corrected chi connectivity index (χ3v) is 5.54. The van der Waals surface area contributed by atoms with Gasteiger partial charge in [0.15, 0.2) is 6.61 Å². The summed E-state index contributed by atoms with van der Waals surface area (Å²) in [4.78, 5) is 29.1. The Labute approximate surface area is 212 Å². The third kappa shape index (κ3) is 7.45. The first-order valence-corrected chi connectivity index (χ1v) is 11.0. The fourth-order valence-electron chi connectivity index (χ4n) is 3.51. The van der Waals surface area contributed by atoms with E-state index in [-0.39, 0.29) is 17.8 Å². The van der Waals surface area contributed by atoms with E-state index in [2.05, 4.69) is 4.98 Å². The summed E-state index contributed by atoms with van der Waals surface area (Å²) in [5.41, 5.74) is -1.93. The summed E-state index contributed by atoms with van der Waals surface area (Å²) in [5.74, 6) is -1.66. The molecule has 0 aliphatic rings. The summed E-state index contributed by atoms with van der Waals surface area (Å²) < 4.78 is 84.8. The summed E-state index contributed by atoms with van der Waals surface area (Å²) in [6.45, 7) is -0.731. The predicted octanol–water partition coefficient (Wildman–Crippen LogP) is 6.53. The fourth-order valence-corrected chi connectivity index (χ4v) is 3.73. The number of amides is 1. The second-order valence-corrected chi connectivity index (χ2v) is 8.30. The van der Waals surface area contributed by atoms with Crippen LogP contribution in [0.1, 0.15) is 29.2 Å². The Morgan fingerprint density at radius 1 is 0.919 bits per heavy atom. The van der Waals surface area contributed by atoms with Gasteiger partial charge < -0.3 is 9.64 Å². The zero-order valence-corrected chi connectivity index (χ0v) is 19.9. The second kappa shape index (κ2) is 11.2. The molecule has 196 valence electrons. The van der Waals surface area contributed by atoms with E-state index in [1.54, 1.807) is 36.4 Å². The zero-order valence-electron chi connectivity index (χ0n) is 19.2. The molecule has 5 nitrogen and oxygen atoms in total. The molecule has 0 saturated heterocycles. The Morgan fingerprint density at radius 3 is 2.05 bits per heavy atom.